The van der Waals surface area contributed by atoms with Crippen LogP contribution in [0.4, 0.5) is 5.69 Å². The zero-order chi connectivity index (χ0) is 22.4. The van der Waals surface area contributed by atoms with E-state index >= 15 is 0 Å². The molecule has 2 aromatic carbocycles. The topological polar surface area (TPSA) is 88.9 Å². The second-order valence-corrected chi connectivity index (χ2v) is 7.19. The van der Waals surface area contributed by atoms with Crippen molar-refractivity contribution < 1.29 is 23.5 Å². The minimum absolute atomic E-state index is 0.160. The van der Waals surface area contributed by atoms with Crippen molar-refractivity contribution in [2.75, 3.05) is 12.4 Å². The predicted molar refractivity (Wildman–Crippen MR) is 116 cm³/mol. The Kier molecular flexibility index (Phi) is 6.87. The lowest BCUT2D eigenvalue weighted by Gasteiger charge is -2.21. The summed E-state index contributed by atoms with van der Waals surface area (Å²) in [4.78, 5) is 38.9. The van der Waals surface area contributed by atoms with Gasteiger partial charge < -0.3 is 19.4 Å². The quantitative estimate of drug-likeness (QED) is 0.583. The van der Waals surface area contributed by atoms with E-state index < -0.39 is 18.0 Å². The van der Waals surface area contributed by atoms with Crippen LogP contribution in [0.5, 0.6) is 0 Å². The van der Waals surface area contributed by atoms with Gasteiger partial charge in [-0.1, -0.05) is 36.4 Å². The maximum Gasteiger partial charge on any atom is 0.338 e. The summed E-state index contributed by atoms with van der Waals surface area (Å²) in [5.41, 5.74) is 2.43. The fraction of sp³-hybridized carbons (Fsp3) is 0.208. The second kappa shape index (κ2) is 9.75. The SMILES string of the molecule is Cc1ccc(C(=O)O[C@@H](C)C(=O)N(C)Cc2ccccc2)cc1NC(=O)c1ccco1. The first-order valence-corrected chi connectivity index (χ1v) is 9.80. The van der Waals surface area contributed by atoms with Gasteiger partial charge in [-0.05, 0) is 49.2 Å². The van der Waals surface area contributed by atoms with Crippen LogP contribution in [0.15, 0.2) is 71.3 Å². The Labute approximate surface area is 180 Å². The molecule has 0 spiro atoms. The molecule has 1 N–H and O–H groups in total. The number of anilines is 1. The summed E-state index contributed by atoms with van der Waals surface area (Å²) in [7, 11) is 1.66. The molecule has 3 rings (SSSR count). The predicted octanol–water partition coefficient (Wildman–Crippen LogP) is 4.04. The molecule has 0 saturated carbocycles. The molecule has 31 heavy (non-hydrogen) atoms. The van der Waals surface area contributed by atoms with Crippen LogP contribution in [0.1, 0.15) is 39.0 Å². The second-order valence-electron chi connectivity index (χ2n) is 7.19. The summed E-state index contributed by atoms with van der Waals surface area (Å²) in [6, 6.07) is 17.5. The molecule has 0 aliphatic heterocycles. The Morgan fingerprint density at radius 1 is 1.06 bits per heavy atom. The molecule has 0 fully saturated rings. The molecule has 1 heterocycles. The standard InChI is InChI=1S/C24H24N2O5/c1-16-11-12-19(14-20(16)25-22(27)21-10-7-13-30-21)24(29)31-17(2)23(28)26(3)15-18-8-5-4-6-9-18/h4-14,17H,15H2,1-3H3,(H,25,27)/t17-/m0/s1. The van der Waals surface area contributed by atoms with E-state index in [4.69, 9.17) is 9.15 Å². The molecule has 160 valence electrons. The highest BCUT2D eigenvalue weighted by Gasteiger charge is 2.23. The molecule has 0 aliphatic carbocycles. The molecule has 0 unspecified atom stereocenters. The lowest BCUT2D eigenvalue weighted by molar-refractivity contribution is -0.139. The molecular formula is C24H24N2O5. The van der Waals surface area contributed by atoms with Crippen LogP contribution in [0.25, 0.3) is 0 Å². The van der Waals surface area contributed by atoms with Crippen LogP contribution in [0.3, 0.4) is 0 Å². The number of benzene rings is 2. The number of amides is 2. The maximum absolute atomic E-state index is 12.6. The van der Waals surface area contributed by atoms with Gasteiger partial charge in [-0.15, -0.1) is 0 Å². The largest absolute Gasteiger partial charge is 0.459 e. The normalized spacial score (nSPS) is 11.5. The van der Waals surface area contributed by atoms with Gasteiger partial charge in [-0.3, -0.25) is 9.59 Å². The van der Waals surface area contributed by atoms with Crippen molar-refractivity contribution in [2.24, 2.45) is 0 Å². The van der Waals surface area contributed by atoms with Gasteiger partial charge in [0.2, 0.25) is 0 Å². The van der Waals surface area contributed by atoms with Crippen LogP contribution in [-0.4, -0.2) is 35.8 Å². The zero-order valence-corrected chi connectivity index (χ0v) is 17.6. The Balaban J connectivity index is 1.64. The number of hydrogen-bond acceptors (Lipinski definition) is 5. The Morgan fingerprint density at radius 3 is 2.48 bits per heavy atom. The number of hydrogen-bond donors (Lipinski definition) is 1. The summed E-state index contributed by atoms with van der Waals surface area (Å²) in [6.07, 6.45) is 0.451. The van der Waals surface area contributed by atoms with Crippen molar-refractivity contribution in [3.05, 3.63) is 89.4 Å². The molecule has 0 radical (unpaired) electrons. The van der Waals surface area contributed by atoms with Gasteiger partial charge in [-0.2, -0.15) is 0 Å². The number of rotatable bonds is 7. The highest BCUT2D eigenvalue weighted by molar-refractivity contribution is 6.03. The first-order chi connectivity index (χ1) is 14.8. The summed E-state index contributed by atoms with van der Waals surface area (Å²) in [5.74, 6) is -1.23. The number of nitrogens with zero attached hydrogens (tertiary/aromatic N) is 1. The molecule has 7 nitrogen and oxygen atoms in total. The van der Waals surface area contributed by atoms with E-state index in [1.165, 1.54) is 24.2 Å². The summed E-state index contributed by atoms with van der Waals surface area (Å²) >= 11 is 0. The highest BCUT2D eigenvalue weighted by Crippen LogP contribution is 2.19. The Hall–Kier alpha value is -3.87. The number of furan rings is 1. The van der Waals surface area contributed by atoms with Crippen molar-refractivity contribution in [3.63, 3.8) is 0 Å². The average Bonchev–Trinajstić information content (AvgIpc) is 3.30. The molecule has 7 heteroatoms. The van der Waals surface area contributed by atoms with E-state index in [0.717, 1.165) is 11.1 Å². The molecule has 2 amide bonds. The fourth-order valence-corrected chi connectivity index (χ4v) is 3.00. The van der Waals surface area contributed by atoms with Crippen molar-refractivity contribution in [2.45, 2.75) is 26.5 Å². The van der Waals surface area contributed by atoms with Gasteiger partial charge in [0.1, 0.15) is 0 Å². The average molecular weight is 420 g/mol. The highest BCUT2D eigenvalue weighted by atomic mass is 16.5. The van der Waals surface area contributed by atoms with Gasteiger partial charge in [-0.25, -0.2) is 4.79 Å². The van der Waals surface area contributed by atoms with Gasteiger partial charge in [0.05, 0.1) is 11.8 Å². The van der Waals surface area contributed by atoms with E-state index in [9.17, 15) is 14.4 Å². The molecule has 0 aliphatic rings. The Bertz CT molecular complexity index is 1060. The van der Waals surface area contributed by atoms with Crippen LogP contribution in [-0.2, 0) is 16.1 Å². The lowest BCUT2D eigenvalue weighted by atomic mass is 10.1. The van der Waals surface area contributed by atoms with Crippen LogP contribution in [0.2, 0.25) is 0 Å². The van der Waals surface area contributed by atoms with E-state index in [1.807, 2.05) is 30.3 Å². The zero-order valence-electron chi connectivity index (χ0n) is 17.6. The van der Waals surface area contributed by atoms with Crippen molar-refractivity contribution >= 4 is 23.5 Å². The molecule has 1 aromatic heterocycles. The molecule has 3 aromatic rings. The van der Waals surface area contributed by atoms with Crippen molar-refractivity contribution in [1.82, 2.24) is 4.90 Å². The number of esters is 1. The van der Waals surface area contributed by atoms with E-state index in [2.05, 4.69) is 5.32 Å². The summed E-state index contributed by atoms with van der Waals surface area (Å²) in [5, 5.41) is 2.71. The number of ether oxygens (including phenoxy) is 1. The first-order valence-electron chi connectivity index (χ1n) is 9.80. The third-order valence-electron chi connectivity index (χ3n) is 4.74. The minimum Gasteiger partial charge on any atom is -0.459 e. The summed E-state index contributed by atoms with van der Waals surface area (Å²) < 4.78 is 10.5. The number of carbonyl (C=O) groups excluding carboxylic acids is 3. The van der Waals surface area contributed by atoms with E-state index in [-0.39, 0.29) is 17.2 Å². The molecule has 1 atom stereocenters. The van der Waals surface area contributed by atoms with E-state index in [1.54, 1.807) is 38.2 Å². The first kappa shape index (κ1) is 21.8. The van der Waals surface area contributed by atoms with Gasteiger partial charge in [0, 0.05) is 19.3 Å². The van der Waals surface area contributed by atoms with Crippen molar-refractivity contribution in [1.29, 1.82) is 0 Å². The van der Waals surface area contributed by atoms with Crippen LogP contribution in [0, 0.1) is 6.92 Å². The number of carbonyl (C=O) groups is 3. The lowest BCUT2D eigenvalue weighted by Crippen LogP contribution is -2.37. The van der Waals surface area contributed by atoms with Crippen LogP contribution >= 0.6 is 0 Å². The third-order valence-corrected chi connectivity index (χ3v) is 4.74. The van der Waals surface area contributed by atoms with E-state index in [0.29, 0.717) is 12.2 Å². The maximum atomic E-state index is 12.6. The smallest absolute Gasteiger partial charge is 0.338 e. The number of nitrogens with one attached hydrogen (secondary N) is 1. The molecule has 0 saturated heterocycles. The minimum atomic E-state index is -0.955. The van der Waals surface area contributed by atoms with Gasteiger partial charge in [0.25, 0.3) is 11.8 Å². The number of likely N-dealkylation sites (N-methyl/N-ethyl adjacent to an activating group) is 1. The fourth-order valence-electron chi connectivity index (χ4n) is 3.00. The van der Waals surface area contributed by atoms with Gasteiger partial charge in [0.15, 0.2) is 11.9 Å². The molecule has 0 bridgehead atoms. The van der Waals surface area contributed by atoms with Crippen LogP contribution < -0.4 is 5.32 Å². The van der Waals surface area contributed by atoms with Crippen molar-refractivity contribution in [3.8, 4) is 0 Å². The summed E-state index contributed by atoms with van der Waals surface area (Å²) in [6.45, 7) is 3.75. The third kappa shape index (κ3) is 5.60. The Morgan fingerprint density at radius 2 is 1.81 bits per heavy atom. The monoisotopic (exact) mass is 420 g/mol. The number of aryl methyl sites for hydroxylation is 1. The van der Waals surface area contributed by atoms with Gasteiger partial charge >= 0.3 is 5.97 Å². The molecular weight excluding hydrogens is 396 g/mol.